The molecule has 10 amide bonds. The van der Waals surface area contributed by atoms with Crippen molar-refractivity contribution < 1.29 is 94.7 Å². The van der Waals surface area contributed by atoms with E-state index in [1.807, 2.05) is 72.8 Å². The lowest BCUT2D eigenvalue weighted by atomic mass is 9.85. The van der Waals surface area contributed by atoms with Crippen LogP contribution >= 0.6 is 0 Å². The van der Waals surface area contributed by atoms with Crippen molar-refractivity contribution in [2.75, 3.05) is 34.3 Å². The molecule has 132 heavy (non-hydrogen) atoms. The molecule has 38 heteroatoms. The Morgan fingerprint density at radius 1 is 0.492 bits per heavy atom. The molecule has 9 N–H and O–H groups in total. The minimum Gasteiger partial charge on any atom is -0.487 e. The monoisotopic (exact) mass is 1840 g/mol. The maximum atomic E-state index is 15.7. The van der Waals surface area contributed by atoms with Gasteiger partial charge < -0.3 is 70.9 Å². The molecular formula is C94H121N17O20S. The largest absolute Gasteiger partial charge is 0.487 e. The standard InChI is InChI=1S/C94H121N17O20S/c1-54(106(15)89(123)130-93(9,10)11)79(112)99-77(91(3,4)5)85(118)108-50-66(110-48-64(101-104-110)52-128-68-34-28-56(29-35-68)42-71(95)88(122)127-17)46-75(108)83(116)97-72(44-58-26-32-60-22-18-20-24-62(60)40-58)81(114)96-73(82(115)103-132(125,126)70-38-39-70)43-57-30-36-69(37-31-57)129-53-65-49-111(105-102-65)67-47-76(84(117)98-74(87(120)121)45-59-27-33-61-23-19-21-25-63(61)41-59)109(51-67)86(119)78(92(6,7)8)100-80(113)55(2)107(16)90(124)131-94(12,13)14/h18-37,40-41,48-49,54-55,66-67,70-78H,38-39,42-47,50-53,95H2,1-17H3,(H,96,114)(H,97,116)(H,98,117)(H,99,112)(H,100,113)(H,103,115)(H,120,121)/t54-,55-,66+,67+,71-,72-,73-,74-,75-,76-,77+,78+/m0/s1. The second-order valence-electron chi connectivity index (χ2n) is 38.2. The van der Waals surface area contributed by atoms with Crippen molar-refractivity contribution in [2.24, 2.45) is 16.6 Å². The first-order valence-corrected chi connectivity index (χ1v) is 45.4. The number of carbonyl (C=O) groups is 12. The van der Waals surface area contributed by atoms with Gasteiger partial charge in [0.25, 0.3) is 5.91 Å². The van der Waals surface area contributed by atoms with Gasteiger partial charge in [0.15, 0.2) is 0 Å². The number of sulfonamides is 1. The van der Waals surface area contributed by atoms with Gasteiger partial charge in [-0.25, -0.2) is 32.2 Å². The summed E-state index contributed by atoms with van der Waals surface area (Å²) in [6, 6.07) is 24.4. The van der Waals surface area contributed by atoms with E-state index in [1.165, 1.54) is 54.2 Å². The summed E-state index contributed by atoms with van der Waals surface area (Å²) in [6.45, 7) is 22.7. The van der Waals surface area contributed by atoms with Crippen molar-refractivity contribution in [3.63, 3.8) is 0 Å². The zero-order valence-electron chi connectivity index (χ0n) is 77.5. The minimum absolute atomic E-state index is 0.0779. The van der Waals surface area contributed by atoms with Gasteiger partial charge in [0.2, 0.25) is 51.4 Å². The number of benzene rings is 6. The van der Waals surface area contributed by atoms with Crippen LogP contribution in [0.2, 0.25) is 0 Å². The van der Waals surface area contributed by atoms with Crippen LogP contribution in [0.3, 0.4) is 0 Å². The van der Waals surface area contributed by atoms with E-state index in [9.17, 15) is 51.9 Å². The number of rotatable bonds is 35. The van der Waals surface area contributed by atoms with Gasteiger partial charge in [-0.2, -0.15) is 0 Å². The number of nitrogens with one attached hydrogen (secondary N) is 6. The van der Waals surface area contributed by atoms with Crippen LogP contribution in [0, 0.1) is 10.8 Å². The number of carboxylic acid groups (broad SMARTS) is 1. The van der Waals surface area contributed by atoms with Crippen LogP contribution in [0.5, 0.6) is 11.5 Å². The molecule has 2 aliphatic heterocycles. The predicted molar refractivity (Wildman–Crippen MR) is 486 cm³/mol. The Labute approximate surface area is 767 Å². The first-order valence-electron chi connectivity index (χ1n) is 43.9. The molecule has 4 heterocycles. The molecule has 8 aromatic rings. The highest BCUT2D eigenvalue weighted by atomic mass is 32.2. The van der Waals surface area contributed by atoms with E-state index in [1.54, 1.807) is 156 Å². The lowest BCUT2D eigenvalue weighted by molar-refractivity contribution is -0.146. The molecule has 3 aliphatic rings. The van der Waals surface area contributed by atoms with E-state index in [4.69, 9.17) is 29.4 Å². The molecular weight excluding hydrogens is 1720 g/mol. The van der Waals surface area contributed by atoms with Gasteiger partial charge in [-0.05, 0) is 154 Å². The fraction of sp³-hybridized carbons (Fsp3) is 0.489. The van der Waals surface area contributed by atoms with E-state index in [2.05, 4.69) is 51.9 Å². The number of hydrogen-bond donors (Lipinski definition) is 8. The molecule has 12 atom stereocenters. The topological polar surface area (TPSA) is 478 Å². The Balaban J connectivity index is 0.834. The average Bonchev–Trinajstić information content (AvgIpc) is 1.65. The minimum atomic E-state index is -4.25. The van der Waals surface area contributed by atoms with E-state index in [-0.39, 0.29) is 89.1 Å². The number of ether oxygens (including phenoxy) is 5. The van der Waals surface area contributed by atoms with Gasteiger partial charge in [-0.3, -0.25) is 57.7 Å². The second kappa shape index (κ2) is 41.5. The number of carbonyl (C=O) groups excluding carboxylic acids is 11. The summed E-state index contributed by atoms with van der Waals surface area (Å²) in [5, 5.41) is 44.8. The maximum absolute atomic E-state index is 15.7. The Kier molecular flexibility index (Phi) is 31.3. The number of methoxy groups -OCH3 is 1. The summed E-state index contributed by atoms with van der Waals surface area (Å²) in [5.74, 6) is -7.59. The lowest BCUT2D eigenvalue weighted by Crippen LogP contribution is -2.61. The third-order valence-corrected chi connectivity index (χ3v) is 25.1. The lowest BCUT2D eigenvalue weighted by Gasteiger charge is -2.37. The van der Waals surface area contributed by atoms with Crippen molar-refractivity contribution in [1.82, 2.24) is 80.9 Å². The quantitative estimate of drug-likeness (QED) is 0.0145. The fourth-order valence-electron chi connectivity index (χ4n) is 15.4. The van der Waals surface area contributed by atoms with Crippen LogP contribution < -0.4 is 46.5 Å². The maximum Gasteiger partial charge on any atom is 0.410 e. The molecule has 37 nitrogen and oxygen atoms in total. The van der Waals surface area contributed by atoms with Gasteiger partial charge in [-0.15, -0.1) is 10.2 Å². The number of hydrogen-bond acceptors (Lipinski definition) is 24. The zero-order valence-corrected chi connectivity index (χ0v) is 78.3. The number of carboxylic acids is 1. The van der Waals surface area contributed by atoms with Crippen LogP contribution in [0.1, 0.15) is 168 Å². The molecule has 0 unspecified atom stereocenters. The molecule has 0 radical (unpaired) electrons. The molecule has 3 fully saturated rings. The van der Waals surface area contributed by atoms with Crippen molar-refractivity contribution in [3.8, 4) is 11.5 Å². The van der Waals surface area contributed by atoms with Gasteiger partial charge in [0.05, 0.1) is 36.8 Å². The number of esters is 1. The Morgan fingerprint density at radius 2 is 0.871 bits per heavy atom. The molecule has 2 saturated heterocycles. The van der Waals surface area contributed by atoms with Crippen LogP contribution in [0.4, 0.5) is 9.59 Å². The number of amides is 10. The number of nitrogens with two attached hydrogens (primary N) is 1. The Morgan fingerprint density at radius 3 is 1.27 bits per heavy atom. The molecule has 0 bridgehead atoms. The Bertz CT molecular complexity index is 5680. The van der Waals surface area contributed by atoms with E-state index < -0.39 is 181 Å². The summed E-state index contributed by atoms with van der Waals surface area (Å²) in [7, 11) is -0.218. The van der Waals surface area contributed by atoms with Crippen molar-refractivity contribution >= 4 is 103 Å². The van der Waals surface area contributed by atoms with Crippen molar-refractivity contribution in [2.45, 2.75) is 250 Å². The number of aliphatic carboxylic acids is 1. The second-order valence-corrected chi connectivity index (χ2v) is 40.2. The molecule has 2 aromatic heterocycles. The van der Waals surface area contributed by atoms with Gasteiger partial charge in [0, 0.05) is 59.3 Å². The SMILES string of the molecule is COC(=O)[C@@H](N)Cc1ccc(OCc2cn([C@@H]3C[C@@H](C(=O)N[C@@H](Cc4ccc5ccccc5c4)C(=O)N[C@@H](Cc4ccc(OCc5cn([C@@H]6C[C@@H](C(=O)N[C@@H](Cc7ccc8ccccc8c7)C(=O)O)N(C(=O)[C@@H](NC(=O)[C@H](C)N(C)C(=O)OC(C)(C)C)C(C)(C)C)C6)nn5)cc4)C(=O)NS(=O)(=O)C4CC4)N(C(=O)[C@@H](NC(=O)[C@H](C)N(C)C(=O)OC(C)(C)C)C(C)(C)C)C3)nn2)cc1. The number of fused-ring (bicyclic) bond motifs is 2. The predicted octanol–water partition coefficient (Wildman–Crippen LogP) is 7.11. The van der Waals surface area contributed by atoms with E-state index in [0.29, 0.717) is 28.1 Å². The summed E-state index contributed by atoms with van der Waals surface area (Å²) >= 11 is 0. The first kappa shape index (κ1) is 99.4. The van der Waals surface area contributed by atoms with Gasteiger partial charge >= 0.3 is 24.1 Å². The van der Waals surface area contributed by atoms with Gasteiger partial charge in [-0.1, -0.05) is 161 Å². The number of likely N-dealkylation sites (tertiary alicyclic amines) is 2. The molecule has 1 saturated carbocycles. The smallest absolute Gasteiger partial charge is 0.410 e. The van der Waals surface area contributed by atoms with Crippen LogP contribution in [-0.4, -0.2) is 246 Å². The molecule has 708 valence electrons. The Hall–Kier alpha value is -13.1. The summed E-state index contributed by atoms with van der Waals surface area (Å²) < 4.78 is 60.6. The number of likely N-dealkylation sites (N-methyl/N-ethyl adjacent to an activating group) is 2. The first-order chi connectivity index (χ1) is 62.0. The highest BCUT2D eigenvalue weighted by Crippen LogP contribution is 2.36. The molecule has 6 aromatic carbocycles. The fourth-order valence-corrected chi connectivity index (χ4v) is 16.7. The summed E-state index contributed by atoms with van der Waals surface area (Å²) in [5.41, 5.74) is 5.11. The van der Waals surface area contributed by atoms with Crippen molar-refractivity contribution in [3.05, 3.63) is 179 Å². The highest BCUT2D eigenvalue weighted by molar-refractivity contribution is 7.91. The highest BCUT2D eigenvalue weighted by Gasteiger charge is 2.50. The normalized spacial score (nSPS) is 17.8. The third-order valence-electron chi connectivity index (χ3n) is 23.3. The average molecular weight is 1840 g/mol. The van der Waals surface area contributed by atoms with Crippen molar-refractivity contribution in [1.29, 1.82) is 0 Å². The van der Waals surface area contributed by atoms with Gasteiger partial charge in [0.1, 0.15) is 108 Å². The number of aromatic nitrogens is 6. The molecule has 0 spiro atoms. The molecule has 1 aliphatic carbocycles. The number of nitrogens with zero attached hydrogens (tertiary/aromatic N) is 10. The summed E-state index contributed by atoms with van der Waals surface area (Å²) in [6.07, 6.45) is 1.52. The van der Waals surface area contributed by atoms with Crippen LogP contribution in [-0.2, 0) is 111 Å². The van der Waals surface area contributed by atoms with E-state index in [0.717, 1.165) is 36.9 Å². The van der Waals surface area contributed by atoms with Crippen LogP contribution in [0.15, 0.2) is 146 Å². The van der Waals surface area contributed by atoms with E-state index >= 15 is 19.2 Å². The third kappa shape index (κ3) is 26.2. The molecule has 11 rings (SSSR count). The summed E-state index contributed by atoms with van der Waals surface area (Å²) in [4.78, 5) is 176. The zero-order chi connectivity index (χ0) is 96.4. The van der Waals surface area contributed by atoms with Crippen LogP contribution in [0.25, 0.3) is 21.5 Å².